The summed E-state index contributed by atoms with van der Waals surface area (Å²) in [6, 6.07) is 5.09. The molecule has 2 heterocycles. The minimum absolute atomic E-state index is 0.120. The molecule has 30 heavy (non-hydrogen) atoms. The third kappa shape index (κ3) is 5.92. The van der Waals surface area contributed by atoms with Gasteiger partial charge in [-0.05, 0) is 37.3 Å². The van der Waals surface area contributed by atoms with E-state index < -0.39 is 0 Å². The van der Waals surface area contributed by atoms with Crippen LogP contribution in [0.5, 0.6) is 11.5 Å². The number of ether oxygens (including phenoxy) is 2. The van der Waals surface area contributed by atoms with Crippen LogP contribution in [-0.4, -0.2) is 60.5 Å². The van der Waals surface area contributed by atoms with Crippen LogP contribution in [0.4, 0.5) is 0 Å². The van der Waals surface area contributed by atoms with Crippen LogP contribution >= 0.6 is 0 Å². The van der Waals surface area contributed by atoms with E-state index in [-0.39, 0.29) is 17.7 Å². The van der Waals surface area contributed by atoms with Crippen molar-refractivity contribution in [2.75, 3.05) is 33.9 Å². The molecular weight excluding hydrogens is 384 g/mol. The maximum absolute atomic E-state index is 12.6. The molecule has 0 radical (unpaired) electrons. The molecule has 8 heteroatoms. The van der Waals surface area contributed by atoms with Crippen molar-refractivity contribution in [3.8, 4) is 11.5 Å². The van der Waals surface area contributed by atoms with Crippen molar-refractivity contribution in [3.05, 3.63) is 48.0 Å². The third-order valence-electron chi connectivity index (χ3n) is 5.25. The van der Waals surface area contributed by atoms with Crippen LogP contribution in [0.1, 0.15) is 35.3 Å². The lowest BCUT2D eigenvalue weighted by Crippen LogP contribution is -2.43. The average Bonchev–Trinajstić information content (AvgIpc) is 2.81. The van der Waals surface area contributed by atoms with Crippen LogP contribution in [-0.2, 0) is 11.2 Å². The van der Waals surface area contributed by atoms with Gasteiger partial charge in [-0.2, -0.15) is 0 Å². The summed E-state index contributed by atoms with van der Waals surface area (Å²) in [4.78, 5) is 35.3. The lowest BCUT2D eigenvalue weighted by atomic mass is 9.97. The van der Waals surface area contributed by atoms with Crippen LogP contribution in [0.2, 0.25) is 0 Å². The first-order chi connectivity index (χ1) is 14.6. The molecule has 0 spiro atoms. The number of piperidine rings is 1. The predicted octanol–water partition coefficient (Wildman–Crippen LogP) is 2.09. The molecule has 2 aromatic rings. The molecule has 1 unspecified atom stereocenters. The van der Waals surface area contributed by atoms with Crippen LogP contribution in [0.25, 0.3) is 0 Å². The van der Waals surface area contributed by atoms with Gasteiger partial charge in [0, 0.05) is 56.3 Å². The van der Waals surface area contributed by atoms with Crippen LogP contribution in [0, 0.1) is 5.92 Å². The number of benzene rings is 1. The highest BCUT2D eigenvalue weighted by Gasteiger charge is 2.24. The number of aryl methyl sites for hydroxylation is 1. The number of hydrogen-bond acceptors (Lipinski definition) is 6. The van der Waals surface area contributed by atoms with Gasteiger partial charge in [-0.3, -0.25) is 19.6 Å². The Bertz CT molecular complexity index is 837. The van der Waals surface area contributed by atoms with Gasteiger partial charge in [0.2, 0.25) is 5.91 Å². The topological polar surface area (TPSA) is 93.7 Å². The molecule has 1 fully saturated rings. The quantitative estimate of drug-likeness (QED) is 0.714. The molecule has 1 aliphatic rings. The number of nitrogens with one attached hydrogen (secondary N) is 1. The Kier molecular flexibility index (Phi) is 7.59. The molecule has 1 aromatic carbocycles. The van der Waals surface area contributed by atoms with Crippen molar-refractivity contribution in [1.82, 2.24) is 20.2 Å². The standard InChI is InChI=1S/C22H28N4O4/c1-29-19-10-17(11-20(12-19)30-2)22(28)25-13-16-4-3-9-26(15-16)21(27)6-5-18-14-23-7-8-24-18/h7-8,10-12,14,16H,3-6,9,13,15H2,1-2H3,(H,25,28). The second-order valence-electron chi connectivity index (χ2n) is 7.36. The maximum atomic E-state index is 12.6. The van der Waals surface area contributed by atoms with Gasteiger partial charge in [0.05, 0.1) is 19.9 Å². The average molecular weight is 412 g/mol. The first-order valence-electron chi connectivity index (χ1n) is 10.1. The molecule has 0 bridgehead atoms. The van der Waals surface area contributed by atoms with Crippen molar-refractivity contribution >= 4 is 11.8 Å². The van der Waals surface area contributed by atoms with Gasteiger partial charge in [0.1, 0.15) is 11.5 Å². The molecular formula is C22H28N4O4. The summed E-state index contributed by atoms with van der Waals surface area (Å²) in [6.45, 7) is 1.93. The zero-order chi connectivity index (χ0) is 21.3. The smallest absolute Gasteiger partial charge is 0.251 e. The SMILES string of the molecule is COc1cc(OC)cc(C(=O)NCC2CCCN(C(=O)CCc3cnccn3)C2)c1. The predicted molar refractivity (Wildman–Crippen MR) is 112 cm³/mol. The highest BCUT2D eigenvalue weighted by molar-refractivity contribution is 5.95. The number of carbonyl (C=O) groups is 2. The number of hydrogen-bond donors (Lipinski definition) is 1. The van der Waals surface area contributed by atoms with Crippen molar-refractivity contribution in [3.63, 3.8) is 0 Å². The van der Waals surface area contributed by atoms with Crippen LogP contribution in [0.3, 0.4) is 0 Å². The fourth-order valence-electron chi connectivity index (χ4n) is 3.59. The Balaban J connectivity index is 1.50. The highest BCUT2D eigenvalue weighted by Crippen LogP contribution is 2.23. The van der Waals surface area contributed by atoms with Gasteiger partial charge in [0.15, 0.2) is 0 Å². The van der Waals surface area contributed by atoms with Crippen molar-refractivity contribution in [2.24, 2.45) is 5.92 Å². The number of rotatable bonds is 8. The van der Waals surface area contributed by atoms with Crippen molar-refractivity contribution < 1.29 is 19.1 Å². The normalized spacial score (nSPS) is 16.1. The maximum Gasteiger partial charge on any atom is 0.251 e. The van der Waals surface area contributed by atoms with E-state index in [1.807, 2.05) is 4.90 Å². The second kappa shape index (κ2) is 10.6. The Labute approximate surface area is 176 Å². The lowest BCUT2D eigenvalue weighted by Gasteiger charge is -2.33. The fourth-order valence-corrected chi connectivity index (χ4v) is 3.59. The van der Waals surface area contributed by atoms with Gasteiger partial charge in [-0.1, -0.05) is 0 Å². The van der Waals surface area contributed by atoms with E-state index in [1.54, 1.807) is 51.0 Å². The van der Waals surface area contributed by atoms with Crippen molar-refractivity contribution in [1.29, 1.82) is 0 Å². The van der Waals surface area contributed by atoms with Gasteiger partial charge in [-0.25, -0.2) is 0 Å². The second-order valence-corrected chi connectivity index (χ2v) is 7.36. The number of nitrogens with zero attached hydrogens (tertiary/aromatic N) is 3. The summed E-state index contributed by atoms with van der Waals surface area (Å²) >= 11 is 0. The molecule has 1 aliphatic heterocycles. The Morgan fingerprint density at radius 2 is 1.93 bits per heavy atom. The minimum Gasteiger partial charge on any atom is -0.497 e. The number of aromatic nitrogens is 2. The van der Waals surface area contributed by atoms with E-state index >= 15 is 0 Å². The van der Waals surface area contributed by atoms with E-state index in [9.17, 15) is 9.59 Å². The Morgan fingerprint density at radius 3 is 2.60 bits per heavy atom. The zero-order valence-corrected chi connectivity index (χ0v) is 17.5. The largest absolute Gasteiger partial charge is 0.497 e. The summed E-state index contributed by atoms with van der Waals surface area (Å²) in [6.07, 6.45) is 7.87. The summed E-state index contributed by atoms with van der Waals surface area (Å²) < 4.78 is 10.4. The van der Waals surface area contributed by atoms with E-state index in [1.165, 1.54) is 0 Å². The molecule has 1 N–H and O–H groups in total. The number of likely N-dealkylation sites (tertiary alicyclic amines) is 1. The molecule has 3 rings (SSSR count). The van der Waals surface area contributed by atoms with E-state index in [0.29, 0.717) is 43.0 Å². The molecule has 0 aliphatic carbocycles. The molecule has 160 valence electrons. The first kappa shape index (κ1) is 21.5. The first-order valence-corrected chi connectivity index (χ1v) is 10.1. The Morgan fingerprint density at radius 1 is 1.17 bits per heavy atom. The molecule has 1 atom stereocenters. The number of amides is 2. The molecule has 1 saturated heterocycles. The monoisotopic (exact) mass is 412 g/mol. The van der Waals surface area contributed by atoms with Gasteiger partial charge in [-0.15, -0.1) is 0 Å². The molecule has 2 amide bonds. The summed E-state index contributed by atoms with van der Waals surface area (Å²) in [5, 5.41) is 2.98. The van der Waals surface area contributed by atoms with Crippen LogP contribution in [0.15, 0.2) is 36.8 Å². The molecule has 8 nitrogen and oxygen atoms in total. The summed E-state index contributed by atoms with van der Waals surface area (Å²) in [5.74, 6) is 1.30. The number of methoxy groups -OCH3 is 2. The lowest BCUT2D eigenvalue weighted by molar-refractivity contribution is -0.132. The van der Waals surface area contributed by atoms with Crippen molar-refractivity contribution in [2.45, 2.75) is 25.7 Å². The van der Waals surface area contributed by atoms with E-state index in [2.05, 4.69) is 15.3 Å². The van der Waals surface area contributed by atoms with Crippen LogP contribution < -0.4 is 14.8 Å². The third-order valence-corrected chi connectivity index (χ3v) is 5.25. The van der Waals surface area contributed by atoms with Gasteiger partial charge in [0.25, 0.3) is 5.91 Å². The van der Waals surface area contributed by atoms with Gasteiger partial charge < -0.3 is 19.7 Å². The summed E-state index contributed by atoms with van der Waals surface area (Å²) in [7, 11) is 3.10. The van der Waals surface area contributed by atoms with E-state index in [4.69, 9.17) is 9.47 Å². The number of carbonyl (C=O) groups excluding carboxylic acids is 2. The molecule has 0 saturated carbocycles. The fraction of sp³-hybridized carbons (Fsp3) is 0.455. The van der Waals surface area contributed by atoms with Gasteiger partial charge >= 0.3 is 0 Å². The minimum atomic E-state index is -0.182. The highest BCUT2D eigenvalue weighted by atomic mass is 16.5. The van der Waals surface area contributed by atoms with E-state index in [0.717, 1.165) is 25.1 Å². The zero-order valence-electron chi connectivity index (χ0n) is 17.5. The molecule has 1 aromatic heterocycles. The Hall–Kier alpha value is -3.16. The summed E-state index contributed by atoms with van der Waals surface area (Å²) in [5.41, 5.74) is 1.30.